The Morgan fingerprint density at radius 3 is 2.53 bits per heavy atom. The summed E-state index contributed by atoms with van der Waals surface area (Å²) in [6.45, 7) is 7.01. The van der Waals surface area contributed by atoms with Crippen molar-refractivity contribution in [3.63, 3.8) is 0 Å². The molecule has 1 aliphatic carbocycles. The summed E-state index contributed by atoms with van der Waals surface area (Å²) in [6.07, 6.45) is 5.18. The summed E-state index contributed by atoms with van der Waals surface area (Å²) in [5, 5.41) is 0. The first-order chi connectivity index (χ1) is 9.14. The van der Waals surface area contributed by atoms with Crippen LogP contribution in [0.3, 0.4) is 0 Å². The molecule has 104 valence electrons. The number of hydrogen-bond donors (Lipinski definition) is 1. The number of rotatable bonds is 2. The van der Waals surface area contributed by atoms with Gasteiger partial charge in [0.25, 0.3) is 0 Å². The smallest absolute Gasteiger partial charge is 0.0596 e. The van der Waals surface area contributed by atoms with E-state index in [2.05, 4.69) is 43.0 Å². The minimum atomic E-state index is -0.173. The monoisotopic (exact) mass is 258 g/mol. The molecule has 0 amide bonds. The standard InChI is InChI=1S/C17H26N2/c1-13(2)17(18)15-9-5-4-8-14(15)12-16(17)19-10-6-3-7-11-19/h4-5,8-9,13,16H,3,6-7,10-12,18H2,1-2H3. The third-order valence-corrected chi connectivity index (χ3v) is 5.24. The molecule has 2 unspecified atom stereocenters. The van der Waals surface area contributed by atoms with E-state index < -0.39 is 0 Å². The van der Waals surface area contributed by atoms with Crippen LogP contribution in [-0.2, 0) is 12.0 Å². The van der Waals surface area contributed by atoms with Crippen LogP contribution in [0.1, 0.15) is 44.2 Å². The summed E-state index contributed by atoms with van der Waals surface area (Å²) in [5.74, 6) is 0.475. The molecule has 3 rings (SSSR count). The number of fused-ring (bicyclic) bond motifs is 1. The number of piperidine rings is 1. The van der Waals surface area contributed by atoms with E-state index in [0.717, 1.165) is 6.42 Å². The van der Waals surface area contributed by atoms with E-state index in [1.807, 2.05) is 0 Å². The molecule has 0 radical (unpaired) electrons. The van der Waals surface area contributed by atoms with E-state index in [1.54, 1.807) is 0 Å². The first-order valence-electron chi connectivity index (χ1n) is 7.75. The lowest BCUT2D eigenvalue weighted by molar-refractivity contribution is 0.0833. The molecule has 1 aromatic carbocycles. The van der Waals surface area contributed by atoms with Crippen LogP contribution in [0.5, 0.6) is 0 Å². The number of nitrogens with zero attached hydrogens (tertiary/aromatic N) is 1. The van der Waals surface area contributed by atoms with Crippen molar-refractivity contribution in [3.8, 4) is 0 Å². The maximum atomic E-state index is 6.95. The zero-order chi connectivity index (χ0) is 13.5. The maximum absolute atomic E-state index is 6.95. The molecule has 1 heterocycles. The normalized spacial score (nSPS) is 31.7. The average molecular weight is 258 g/mol. The van der Waals surface area contributed by atoms with Gasteiger partial charge in [-0.2, -0.15) is 0 Å². The van der Waals surface area contributed by atoms with Crippen LogP contribution >= 0.6 is 0 Å². The second-order valence-corrected chi connectivity index (χ2v) is 6.56. The molecular formula is C17H26N2. The molecule has 2 atom stereocenters. The molecule has 2 nitrogen and oxygen atoms in total. The number of hydrogen-bond acceptors (Lipinski definition) is 2. The van der Waals surface area contributed by atoms with Crippen LogP contribution in [0.15, 0.2) is 24.3 Å². The van der Waals surface area contributed by atoms with E-state index in [0.29, 0.717) is 12.0 Å². The predicted octanol–water partition coefficient (Wildman–Crippen LogP) is 2.91. The second kappa shape index (κ2) is 4.92. The van der Waals surface area contributed by atoms with Crippen LogP contribution in [0.2, 0.25) is 0 Å². The van der Waals surface area contributed by atoms with Gasteiger partial charge in [-0.25, -0.2) is 0 Å². The number of benzene rings is 1. The molecule has 19 heavy (non-hydrogen) atoms. The fourth-order valence-electron chi connectivity index (χ4n) is 4.03. The van der Waals surface area contributed by atoms with Gasteiger partial charge in [0.1, 0.15) is 0 Å². The Labute approximate surface area is 117 Å². The van der Waals surface area contributed by atoms with Crippen molar-refractivity contribution in [1.82, 2.24) is 4.90 Å². The van der Waals surface area contributed by atoms with E-state index in [-0.39, 0.29) is 5.54 Å². The van der Waals surface area contributed by atoms with Crippen molar-refractivity contribution in [3.05, 3.63) is 35.4 Å². The third kappa shape index (κ3) is 2.02. The van der Waals surface area contributed by atoms with Crippen LogP contribution in [0.25, 0.3) is 0 Å². The Morgan fingerprint density at radius 1 is 1.16 bits per heavy atom. The topological polar surface area (TPSA) is 29.3 Å². The zero-order valence-corrected chi connectivity index (χ0v) is 12.2. The second-order valence-electron chi connectivity index (χ2n) is 6.56. The lowest BCUT2D eigenvalue weighted by Crippen LogP contribution is -2.57. The van der Waals surface area contributed by atoms with E-state index in [4.69, 9.17) is 5.73 Å². The quantitative estimate of drug-likeness (QED) is 0.884. The van der Waals surface area contributed by atoms with Crippen molar-refractivity contribution < 1.29 is 0 Å². The van der Waals surface area contributed by atoms with Crippen LogP contribution in [-0.4, -0.2) is 24.0 Å². The fraction of sp³-hybridized carbons (Fsp3) is 0.647. The van der Waals surface area contributed by atoms with Gasteiger partial charge >= 0.3 is 0 Å². The molecule has 2 N–H and O–H groups in total. The van der Waals surface area contributed by atoms with Gasteiger partial charge in [-0.15, -0.1) is 0 Å². The van der Waals surface area contributed by atoms with Crippen molar-refractivity contribution in [1.29, 1.82) is 0 Å². The summed E-state index contributed by atoms with van der Waals surface area (Å²) in [6, 6.07) is 9.30. The number of nitrogens with two attached hydrogens (primary N) is 1. The Bertz CT molecular complexity index is 448. The summed E-state index contributed by atoms with van der Waals surface area (Å²) in [5.41, 5.74) is 9.63. The van der Waals surface area contributed by atoms with Gasteiger partial charge in [-0.3, -0.25) is 4.90 Å². The molecule has 0 aromatic heterocycles. The molecule has 2 heteroatoms. The maximum Gasteiger partial charge on any atom is 0.0596 e. The lowest BCUT2D eigenvalue weighted by Gasteiger charge is -2.44. The summed E-state index contributed by atoms with van der Waals surface area (Å²) in [7, 11) is 0. The molecule has 1 aliphatic heterocycles. The van der Waals surface area contributed by atoms with Crippen molar-refractivity contribution in [2.75, 3.05) is 13.1 Å². The predicted molar refractivity (Wildman–Crippen MR) is 80.1 cm³/mol. The van der Waals surface area contributed by atoms with Gasteiger partial charge in [0.15, 0.2) is 0 Å². The molecule has 0 spiro atoms. The van der Waals surface area contributed by atoms with E-state index in [1.165, 1.54) is 43.5 Å². The van der Waals surface area contributed by atoms with Crippen molar-refractivity contribution >= 4 is 0 Å². The molecular weight excluding hydrogens is 232 g/mol. The van der Waals surface area contributed by atoms with Gasteiger partial charge in [-0.05, 0) is 49.4 Å². The molecule has 0 bridgehead atoms. The first-order valence-corrected chi connectivity index (χ1v) is 7.75. The lowest BCUT2D eigenvalue weighted by atomic mass is 9.78. The average Bonchev–Trinajstić information content (AvgIpc) is 2.75. The van der Waals surface area contributed by atoms with Gasteiger partial charge in [-0.1, -0.05) is 44.5 Å². The zero-order valence-electron chi connectivity index (χ0n) is 12.2. The summed E-state index contributed by atoms with van der Waals surface area (Å²) >= 11 is 0. The molecule has 2 aliphatic rings. The van der Waals surface area contributed by atoms with Crippen LogP contribution < -0.4 is 5.73 Å². The van der Waals surface area contributed by atoms with Gasteiger partial charge in [0.2, 0.25) is 0 Å². The number of likely N-dealkylation sites (tertiary alicyclic amines) is 1. The molecule has 1 saturated heterocycles. The minimum Gasteiger partial charge on any atom is -0.320 e. The highest BCUT2D eigenvalue weighted by Gasteiger charge is 2.48. The summed E-state index contributed by atoms with van der Waals surface area (Å²) in [4.78, 5) is 2.66. The van der Waals surface area contributed by atoms with E-state index in [9.17, 15) is 0 Å². The van der Waals surface area contributed by atoms with Crippen molar-refractivity contribution in [2.24, 2.45) is 11.7 Å². The minimum absolute atomic E-state index is 0.173. The Morgan fingerprint density at radius 2 is 1.84 bits per heavy atom. The van der Waals surface area contributed by atoms with E-state index >= 15 is 0 Å². The third-order valence-electron chi connectivity index (χ3n) is 5.24. The Balaban J connectivity index is 1.97. The van der Waals surface area contributed by atoms with Gasteiger partial charge in [0, 0.05) is 6.04 Å². The highest BCUT2D eigenvalue weighted by Crippen LogP contribution is 2.43. The highest BCUT2D eigenvalue weighted by atomic mass is 15.2. The van der Waals surface area contributed by atoms with Gasteiger partial charge in [0.05, 0.1) is 5.54 Å². The van der Waals surface area contributed by atoms with Crippen LogP contribution in [0, 0.1) is 5.92 Å². The molecule has 1 fully saturated rings. The largest absolute Gasteiger partial charge is 0.320 e. The SMILES string of the molecule is CC(C)C1(N)c2ccccc2CC1N1CCCCC1. The Kier molecular flexibility index (Phi) is 3.40. The molecule has 0 saturated carbocycles. The van der Waals surface area contributed by atoms with Crippen LogP contribution in [0.4, 0.5) is 0 Å². The molecule has 1 aromatic rings. The first kappa shape index (κ1) is 13.1. The fourth-order valence-corrected chi connectivity index (χ4v) is 4.03. The Hall–Kier alpha value is -0.860. The van der Waals surface area contributed by atoms with Crippen molar-refractivity contribution in [2.45, 2.75) is 51.1 Å². The highest BCUT2D eigenvalue weighted by molar-refractivity contribution is 5.42. The summed E-state index contributed by atoms with van der Waals surface area (Å²) < 4.78 is 0. The van der Waals surface area contributed by atoms with Gasteiger partial charge < -0.3 is 5.73 Å².